The maximum absolute atomic E-state index is 2.39. The highest BCUT2D eigenvalue weighted by Crippen LogP contribution is 2.30. The summed E-state index contributed by atoms with van der Waals surface area (Å²) in [7, 11) is 4.43. The van der Waals surface area contributed by atoms with E-state index in [1.54, 1.807) is 0 Å². The molecule has 0 saturated carbocycles. The Kier molecular flexibility index (Phi) is 5.23. The van der Waals surface area contributed by atoms with Crippen molar-refractivity contribution >= 4 is 9.52 Å². The predicted molar refractivity (Wildman–Crippen MR) is 65.4 cm³/mol. The molecule has 13 heavy (non-hydrogen) atoms. The van der Waals surface area contributed by atoms with Gasteiger partial charge in [0.1, 0.15) is 0 Å². The van der Waals surface area contributed by atoms with Crippen LogP contribution in [0.1, 0.15) is 41.0 Å². The van der Waals surface area contributed by atoms with E-state index in [4.69, 9.17) is 0 Å². The lowest BCUT2D eigenvalue weighted by atomic mass is 10.1. The summed E-state index contributed by atoms with van der Waals surface area (Å²) in [6.07, 6.45) is 1.35. The Balaban J connectivity index is 4.18. The molecule has 2 unspecified atom stereocenters. The van der Waals surface area contributed by atoms with Gasteiger partial charge in [0.2, 0.25) is 0 Å². The van der Waals surface area contributed by atoms with Gasteiger partial charge in [0.05, 0.1) is 0 Å². The van der Waals surface area contributed by atoms with Gasteiger partial charge in [-0.1, -0.05) is 34.1 Å². The molecule has 0 amide bonds. The summed E-state index contributed by atoms with van der Waals surface area (Å²) in [5.74, 6) is 0. The van der Waals surface area contributed by atoms with Crippen LogP contribution in [0.15, 0.2) is 0 Å². The Morgan fingerprint density at radius 2 is 1.69 bits per heavy atom. The molecule has 0 bridgehead atoms. The summed E-state index contributed by atoms with van der Waals surface area (Å²) < 4.78 is 0. The molecule has 0 aromatic carbocycles. The van der Waals surface area contributed by atoms with Crippen molar-refractivity contribution in [2.45, 2.75) is 57.7 Å². The van der Waals surface area contributed by atoms with Crippen LogP contribution in [0.5, 0.6) is 0 Å². The van der Waals surface area contributed by atoms with Crippen LogP contribution in [0.25, 0.3) is 0 Å². The highest BCUT2D eigenvalue weighted by Gasteiger charge is 2.23. The second kappa shape index (κ2) is 5.16. The minimum atomic E-state index is 0.0317. The quantitative estimate of drug-likeness (QED) is 0.632. The Labute approximate surface area is 86.7 Å². The molecule has 0 N–H and O–H groups in total. The van der Waals surface area contributed by atoms with E-state index in [-0.39, 0.29) is 9.52 Å². The number of hydrogen-bond donors (Lipinski definition) is 0. The van der Waals surface area contributed by atoms with Crippen LogP contribution in [-0.2, 0) is 0 Å². The molecule has 1 nitrogen and oxygen atoms in total. The molecule has 2 atom stereocenters. The van der Waals surface area contributed by atoms with E-state index in [9.17, 15) is 0 Å². The Morgan fingerprint density at radius 1 is 1.23 bits per heavy atom. The van der Waals surface area contributed by atoms with Crippen LogP contribution >= 0.6 is 0 Å². The summed E-state index contributed by atoms with van der Waals surface area (Å²) in [5.41, 5.74) is 0.968. The molecule has 80 valence electrons. The second-order valence-corrected chi connectivity index (χ2v) is 9.22. The van der Waals surface area contributed by atoms with Crippen molar-refractivity contribution in [2.75, 3.05) is 14.1 Å². The molecule has 0 heterocycles. The third-order valence-electron chi connectivity index (χ3n) is 2.90. The van der Waals surface area contributed by atoms with Crippen molar-refractivity contribution in [2.24, 2.45) is 0 Å². The van der Waals surface area contributed by atoms with Crippen molar-refractivity contribution in [3.63, 3.8) is 0 Å². The van der Waals surface area contributed by atoms with Crippen LogP contribution < -0.4 is 0 Å². The molecule has 0 rings (SSSR count). The fourth-order valence-electron chi connectivity index (χ4n) is 1.86. The predicted octanol–water partition coefficient (Wildman–Crippen LogP) is 2.52. The Hall–Kier alpha value is 0.177. The van der Waals surface area contributed by atoms with E-state index < -0.39 is 0 Å². The molecule has 0 aliphatic rings. The average Bonchev–Trinajstić information content (AvgIpc) is 1.97. The zero-order valence-electron chi connectivity index (χ0n) is 10.5. The first-order chi connectivity index (χ1) is 5.78. The standard InChI is InChI=1S/C11H27NSi/c1-8-10(9(2)12(6)7)13-11(3,4)5/h9-10H,8,13H2,1-7H3. The molecule has 0 fully saturated rings. The summed E-state index contributed by atoms with van der Waals surface area (Å²) >= 11 is 0. The monoisotopic (exact) mass is 201 g/mol. The van der Waals surface area contributed by atoms with Crippen LogP contribution in [0.4, 0.5) is 0 Å². The fraction of sp³-hybridized carbons (Fsp3) is 1.00. The van der Waals surface area contributed by atoms with Gasteiger partial charge >= 0.3 is 0 Å². The lowest BCUT2D eigenvalue weighted by molar-refractivity contribution is 0.294. The topological polar surface area (TPSA) is 3.24 Å². The Bertz CT molecular complexity index is 138. The normalized spacial score (nSPS) is 18.5. The third kappa shape index (κ3) is 5.48. The number of rotatable bonds is 4. The molecular formula is C11H27NSi. The largest absolute Gasteiger partial charge is 0.307 e. The third-order valence-corrected chi connectivity index (χ3v) is 5.90. The first kappa shape index (κ1) is 13.2. The smallest absolute Gasteiger partial charge is 0.0311 e. The van der Waals surface area contributed by atoms with E-state index in [1.165, 1.54) is 6.42 Å². The van der Waals surface area contributed by atoms with Gasteiger partial charge in [-0.2, -0.15) is 0 Å². The SMILES string of the molecule is CCC([SiH2]C(C)(C)C)C(C)N(C)C. The molecule has 2 heteroatoms. The zero-order valence-corrected chi connectivity index (χ0v) is 11.9. The molecule has 0 aliphatic heterocycles. The minimum absolute atomic E-state index is 0.0317. The van der Waals surface area contributed by atoms with Crippen LogP contribution in [-0.4, -0.2) is 34.6 Å². The van der Waals surface area contributed by atoms with Crippen molar-refractivity contribution in [1.29, 1.82) is 0 Å². The fourth-order valence-corrected chi connectivity index (χ4v) is 4.49. The Morgan fingerprint density at radius 3 is 1.92 bits per heavy atom. The van der Waals surface area contributed by atoms with Gasteiger partial charge in [0.25, 0.3) is 0 Å². The van der Waals surface area contributed by atoms with Gasteiger partial charge in [0, 0.05) is 15.6 Å². The number of hydrogen-bond acceptors (Lipinski definition) is 1. The molecular weight excluding hydrogens is 174 g/mol. The van der Waals surface area contributed by atoms with E-state index in [0.717, 1.165) is 11.6 Å². The first-order valence-corrected chi connectivity index (χ1v) is 6.96. The van der Waals surface area contributed by atoms with Gasteiger partial charge in [-0.05, 0) is 31.6 Å². The molecule has 0 radical (unpaired) electrons. The van der Waals surface area contributed by atoms with Crippen LogP contribution in [0, 0.1) is 0 Å². The summed E-state index contributed by atoms with van der Waals surface area (Å²) in [6, 6.07) is 0.760. The van der Waals surface area contributed by atoms with Crippen molar-refractivity contribution in [3.8, 4) is 0 Å². The lowest BCUT2D eigenvalue weighted by Gasteiger charge is -2.32. The van der Waals surface area contributed by atoms with Gasteiger partial charge in [0.15, 0.2) is 0 Å². The average molecular weight is 201 g/mol. The van der Waals surface area contributed by atoms with E-state index in [2.05, 4.69) is 53.6 Å². The molecule has 0 aliphatic carbocycles. The summed E-state index contributed by atoms with van der Waals surface area (Å²) in [6.45, 7) is 11.9. The second-order valence-electron chi connectivity index (χ2n) is 5.64. The van der Waals surface area contributed by atoms with E-state index >= 15 is 0 Å². The maximum Gasteiger partial charge on any atom is 0.0311 e. The van der Waals surface area contributed by atoms with Gasteiger partial charge in [-0.15, -0.1) is 0 Å². The number of nitrogens with zero attached hydrogens (tertiary/aromatic N) is 1. The first-order valence-electron chi connectivity index (χ1n) is 5.44. The van der Waals surface area contributed by atoms with Crippen LogP contribution in [0.3, 0.4) is 0 Å². The molecule has 0 spiro atoms. The van der Waals surface area contributed by atoms with Crippen molar-refractivity contribution in [3.05, 3.63) is 0 Å². The highest BCUT2D eigenvalue weighted by molar-refractivity contribution is 6.41. The van der Waals surface area contributed by atoms with Gasteiger partial charge < -0.3 is 4.90 Å². The lowest BCUT2D eigenvalue weighted by Crippen LogP contribution is -2.34. The molecule has 0 saturated heterocycles. The molecule has 0 aromatic heterocycles. The summed E-state index contributed by atoms with van der Waals surface area (Å²) in [4.78, 5) is 2.37. The summed E-state index contributed by atoms with van der Waals surface area (Å²) in [5, 5.41) is 0.602. The maximum atomic E-state index is 2.39. The van der Waals surface area contributed by atoms with Gasteiger partial charge in [-0.25, -0.2) is 0 Å². The minimum Gasteiger partial charge on any atom is -0.307 e. The van der Waals surface area contributed by atoms with E-state index in [0.29, 0.717) is 5.04 Å². The zero-order chi connectivity index (χ0) is 10.6. The van der Waals surface area contributed by atoms with Crippen LogP contribution in [0.2, 0.25) is 10.6 Å². The highest BCUT2D eigenvalue weighted by atomic mass is 28.2. The van der Waals surface area contributed by atoms with E-state index in [1.807, 2.05) is 0 Å². The van der Waals surface area contributed by atoms with Crippen molar-refractivity contribution < 1.29 is 0 Å². The van der Waals surface area contributed by atoms with Gasteiger partial charge in [-0.3, -0.25) is 0 Å². The molecule has 0 aromatic rings. The van der Waals surface area contributed by atoms with Crippen molar-refractivity contribution in [1.82, 2.24) is 4.90 Å².